The second-order valence-corrected chi connectivity index (χ2v) is 5.46. The molecule has 1 heterocycles. The molecule has 0 aliphatic carbocycles. The molecule has 0 radical (unpaired) electrons. The first-order valence-electron chi connectivity index (χ1n) is 7.27. The van der Waals surface area contributed by atoms with Crippen molar-refractivity contribution in [2.75, 3.05) is 11.4 Å². The number of carbonyl (C=O) groups excluding carboxylic acids is 1. The van der Waals surface area contributed by atoms with Gasteiger partial charge in [-0.25, -0.2) is 0 Å². The summed E-state index contributed by atoms with van der Waals surface area (Å²) in [5.74, 6) is -0.0155. The fourth-order valence-electron chi connectivity index (χ4n) is 2.54. The number of carboxylic acids is 1. The van der Waals surface area contributed by atoms with Crippen molar-refractivity contribution in [3.05, 3.63) is 23.8 Å². The average Bonchev–Trinajstić information content (AvgIpc) is 2.42. The minimum absolute atomic E-state index is 0.00873. The number of rotatable bonds is 5. The molecule has 0 saturated carbocycles. The summed E-state index contributed by atoms with van der Waals surface area (Å²) in [6.07, 6.45) is 2.48. The van der Waals surface area contributed by atoms with Gasteiger partial charge in [0.25, 0.3) is 0 Å². The van der Waals surface area contributed by atoms with E-state index in [0.29, 0.717) is 13.0 Å². The molecule has 2 rings (SSSR count). The highest BCUT2D eigenvalue weighted by Gasteiger charge is 2.25. The Bertz CT molecular complexity index is 541. The monoisotopic (exact) mass is 291 g/mol. The average molecular weight is 291 g/mol. The van der Waals surface area contributed by atoms with Crippen LogP contribution in [0.3, 0.4) is 0 Å². The first-order chi connectivity index (χ1) is 9.97. The summed E-state index contributed by atoms with van der Waals surface area (Å²) in [6, 6.07) is 5.85. The van der Waals surface area contributed by atoms with Crippen LogP contribution < -0.4 is 9.64 Å². The van der Waals surface area contributed by atoms with Crippen molar-refractivity contribution < 1.29 is 19.4 Å². The van der Waals surface area contributed by atoms with Gasteiger partial charge >= 0.3 is 5.97 Å². The van der Waals surface area contributed by atoms with Crippen molar-refractivity contribution >= 4 is 17.6 Å². The van der Waals surface area contributed by atoms with Crippen LogP contribution in [0.4, 0.5) is 5.69 Å². The number of ether oxygens (including phenoxy) is 1. The van der Waals surface area contributed by atoms with Crippen LogP contribution in [-0.4, -0.2) is 29.6 Å². The van der Waals surface area contributed by atoms with Gasteiger partial charge < -0.3 is 14.7 Å². The second-order valence-electron chi connectivity index (χ2n) is 5.46. The predicted molar refractivity (Wildman–Crippen MR) is 79.7 cm³/mol. The predicted octanol–water partition coefficient (Wildman–Crippen LogP) is 2.62. The Hall–Kier alpha value is -2.04. The fourth-order valence-corrected chi connectivity index (χ4v) is 2.54. The van der Waals surface area contributed by atoms with Crippen LogP contribution in [0.2, 0.25) is 0 Å². The molecule has 1 aromatic carbocycles. The lowest BCUT2D eigenvalue weighted by atomic mass is 10.0. The topological polar surface area (TPSA) is 66.8 Å². The van der Waals surface area contributed by atoms with E-state index < -0.39 is 5.97 Å². The highest BCUT2D eigenvalue weighted by molar-refractivity contribution is 5.93. The molecule has 114 valence electrons. The van der Waals surface area contributed by atoms with Crippen molar-refractivity contribution in [2.24, 2.45) is 0 Å². The van der Waals surface area contributed by atoms with Gasteiger partial charge in [-0.15, -0.1) is 0 Å². The smallest absolute Gasteiger partial charge is 0.303 e. The van der Waals surface area contributed by atoms with E-state index in [-0.39, 0.29) is 18.4 Å². The Labute approximate surface area is 124 Å². The van der Waals surface area contributed by atoms with Gasteiger partial charge in [0, 0.05) is 13.3 Å². The second kappa shape index (κ2) is 6.61. The zero-order valence-corrected chi connectivity index (χ0v) is 12.5. The molecule has 1 aliphatic rings. The molecule has 0 bridgehead atoms. The van der Waals surface area contributed by atoms with Gasteiger partial charge in [-0.3, -0.25) is 9.59 Å². The molecule has 0 spiro atoms. The van der Waals surface area contributed by atoms with E-state index in [9.17, 15) is 9.59 Å². The maximum atomic E-state index is 11.8. The normalized spacial score (nSPS) is 17.0. The summed E-state index contributed by atoms with van der Waals surface area (Å²) in [5, 5.41) is 8.63. The van der Waals surface area contributed by atoms with Crippen molar-refractivity contribution in [1.82, 2.24) is 0 Å². The molecule has 1 aliphatic heterocycles. The Kier molecular flexibility index (Phi) is 4.83. The summed E-state index contributed by atoms with van der Waals surface area (Å²) >= 11 is 0. The van der Waals surface area contributed by atoms with Crippen LogP contribution in [0.1, 0.15) is 38.7 Å². The van der Waals surface area contributed by atoms with E-state index >= 15 is 0 Å². The summed E-state index contributed by atoms with van der Waals surface area (Å²) in [7, 11) is 0. The number of unbranched alkanes of at least 4 members (excludes halogenated alkanes) is 1. The number of carboxylic acid groups (broad SMARTS) is 1. The van der Waals surface area contributed by atoms with Crippen LogP contribution in [0.25, 0.3) is 0 Å². The Morgan fingerprint density at radius 3 is 2.81 bits per heavy atom. The van der Waals surface area contributed by atoms with Crippen molar-refractivity contribution in [3.63, 3.8) is 0 Å². The largest absolute Gasteiger partial charge is 0.487 e. The quantitative estimate of drug-likeness (QED) is 0.847. The van der Waals surface area contributed by atoms with E-state index in [0.717, 1.165) is 29.8 Å². The van der Waals surface area contributed by atoms with Crippen LogP contribution in [0.15, 0.2) is 18.2 Å². The maximum absolute atomic E-state index is 11.8. The number of aliphatic carboxylic acids is 1. The lowest BCUT2D eigenvalue weighted by Gasteiger charge is -2.33. The van der Waals surface area contributed by atoms with Crippen molar-refractivity contribution in [3.8, 4) is 5.75 Å². The Balaban J connectivity index is 2.08. The number of aryl methyl sites for hydroxylation is 1. The Morgan fingerprint density at radius 1 is 1.38 bits per heavy atom. The van der Waals surface area contributed by atoms with E-state index in [1.807, 2.05) is 25.1 Å². The summed E-state index contributed by atoms with van der Waals surface area (Å²) in [4.78, 5) is 24.0. The molecule has 1 aromatic rings. The molecule has 21 heavy (non-hydrogen) atoms. The molecule has 1 N–H and O–H groups in total. The zero-order valence-electron chi connectivity index (χ0n) is 12.5. The number of fused-ring (bicyclic) bond motifs is 1. The Morgan fingerprint density at radius 2 is 2.14 bits per heavy atom. The van der Waals surface area contributed by atoms with Crippen LogP contribution in [0.5, 0.6) is 5.75 Å². The van der Waals surface area contributed by atoms with Gasteiger partial charge in [-0.05, 0) is 43.9 Å². The first kappa shape index (κ1) is 15.4. The van der Waals surface area contributed by atoms with Crippen LogP contribution >= 0.6 is 0 Å². The van der Waals surface area contributed by atoms with Crippen molar-refractivity contribution in [1.29, 1.82) is 0 Å². The number of hydrogen-bond donors (Lipinski definition) is 1. The third-order valence-electron chi connectivity index (χ3n) is 3.57. The highest BCUT2D eigenvalue weighted by Crippen LogP contribution is 2.34. The number of amides is 1. The van der Waals surface area contributed by atoms with Gasteiger partial charge in [0.15, 0.2) is 0 Å². The highest BCUT2D eigenvalue weighted by atomic mass is 16.5. The number of carbonyl (C=O) groups is 2. The molecule has 1 unspecified atom stereocenters. The lowest BCUT2D eigenvalue weighted by molar-refractivity contribution is -0.137. The van der Waals surface area contributed by atoms with E-state index in [2.05, 4.69) is 0 Å². The maximum Gasteiger partial charge on any atom is 0.303 e. The van der Waals surface area contributed by atoms with Gasteiger partial charge in [0.05, 0.1) is 12.2 Å². The van der Waals surface area contributed by atoms with Gasteiger partial charge in [-0.2, -0.15) is 0 Å². The first-order valence-corrected chi connectivity index (χ1v) is 7.27. The third-order valence-corrected chi connectivity index (χ3v) is 3.57. The van der Waals surface area contributed by atoms with Gasteiger partial charge in [0.1, 0.15) is 11.9 Å². The van der Waals surface area contributed by atoms with Crippen LogP contribution in [0, 0.1) is 0 Å². The van der Waals surface area contributed by atoms with E-state index in [4.69, 9.17) is 9.84 Å². The summed E-state index contributed by atoms with van der Waals surface area (Å²) in [6.45, 7) is 4.06. The van der Waals surface area contributed by atoms with E-state index in [1.54, 1.807) is 11.8 Å². The standard InChI is InChI=1S/C16H21NO4/c1-11-10-17(12(2)18)14-9-13(7-8-15(14)21-11)5-3-4-6-16(19)20/h7-9,11H,3-6,10H2,1-2H3,(H,19,20). The SMILES string of the molecule is CC(=O)N1CC(C)Oc2ccc(CCCCC(=O)O)cc21. The molecule has 5 heteroatoms. The molecular formula is C16H21NO4. The molecule has 1 amide bonds. The summed E-state index contributed by atoms with van der Waals surface area (Å²) < 4.78 is 5.75. The molecular weight excluding hydrogens is 270 g/mol. The van der Waals surface area contributed by atoms with Gasteiger partial charge in [-0.1, -0.05) is 6.07 Å². The molecule has 1 atom stereocenters. The third kappa shape index (κ3) is 3.97. The molecule has 0 aromatic heterocycles. The molecule has 0 saturated heterocycles. The van der Waals surface area contributed by atoms with Gasteiger partial charge in [0.2, 0.25) is 5.91 Å². The minimum Gasteiger partial charge on any atom is -0.487 e. The van der Waals surface area contributed by atoms with Crippen molar-refractivity contribution in [2.45, 2.75) is 45.6 Å². The van der Waals surface area contributed by atoms with Crippen LogP contribution in [-0.2, 0) is 16.0 Å². The lowest BCUT2D eigenvalue weighted by Crippen LogP contribution is -2.41. The fraction of sp³-hybridized carbons (Fsp3) is 0.500. The van der Waals surface area contributed by atoms with E-state index in [1.165, 1.54) is 0 Å². The number of hydrogen-bond acceptors (Lipinski definition) is 3. The summed E-state index contributed by atoms with van der Waals surface area (Å²) in [5.41, 5.74) is 1.92. The minimum atomic E-state index is -0.759. The number of anilines is 1. The zero-order chi connectivity index (χ0) is 15.4. The molecule has 5 nitrogen and oxygen atoms in total. The molecule has 0 fully saturated rings. The number of nitrogens with zero attached hydrogens (tertiary/aromatic N) is 1. The number of benzene rings is 1.